The minimum atomic E-state index is -1.59. The zero-order chi connectivity index (χ0) is 47.3. The molecule has 0 spiro atoms. The van der Waals surface area contributed by atoms with E-state index in [1.807, 2.05) is 0 Å². The van der Waals surface area contributed by atoms with E-state index in [2.05, 4.69) is 26.0 Å². The van der Waals surface area contributed by atoms with Crippen LogP contribution in [0.2, 0.25) is 0 Å². The second-order valence-corrected chi connectivity index (χ2v) is 19.4. The van der Waals surface area contributed by atoms with Crippen molar-refractivity contribution in [2.75, 3.05) is 19.8 Å². The van der Waals surface area contributed by atoms with Crippen molar-refractivity contribution in [3.05, 3.63) is 12.2 Å². The van der Waals surface area contributed by atoms with E-state index >= 15 is 0 Å². The third-order valence-corrected chi connectivity index (χ3v) is 13.2. The van der Waals surface area contributed by atoms with Gasteiger partial charge in [-0.25, -0.2) is 0 Å². The molecule has 1 heterocycles. The first-order chi connectivity index (χ1) is 31.8. The molecule has 1 fully saturated rings. The van der Waals surface area contributed by atoms with Gasteiger partial charge in [-0.1, -0.05) is 231 Å². The third kappa shape index (κ3) is 37.1. The van der Waals surface area contributed by atoms with Crippen LogP contribution in [0, 0.1) is 0 Å². The summed E-state index contributed by atoms with van der Waals surface area (Å²) in [6.45, 7) is 3.47. The Bertz CT molecular complexity index is 1070. The fourth-order valence-corrected chi connectivity index (χ4v) is 8.77. The molecule has 0 aromatic carbocycles. The molecule has 0 saturated carbocycles. The highest BCUT2D eigenvalue weighted by Crippen LogP contribution is 2.23. The van der Waals surface area contributed by atoms with Crippen molar-refractivity contribution in [2.24, 2.45) is 0 Å². The van der Waals surface area contributed by atoms with Gasteiger partial charge in [0.2, 0.25) is 0 Å². The Morgan fingerprint density at radius 3 is 1.20 bits per heavy atom. The number of allylic oxidation sites excluding steroid dienone is 2. The maximum Gasteiger partial charge on any atom is 0.306 e. The van der Waals surface area contributed by atoms with Gasteiger partial charge in [-0.3, -0.25) is 9.59 Å². The molecule has 4 N–H and O–H groups in total. The van der Waals surface area contributed by atoms with Crippen molar-refractivity contribution in [2.45, 2.75) is 307 Å². The van der Waals surface area contributed by atoms with Crippen molar-refractivity contribution >= 4 is 11.9 Å². The Hall–Kier alpha value is -1.56. The van der Waals surface area contributed by atoms with Gasteiger partial charge in [0, 0.05) is 12.8 Å². The molecule has 10 heteroatoms. The molecular formula is C55H104O10. The van der Waals surface area contributed by atoms with Crippen molar-refractivity contribution < 1.29 is 49.0 Å². The SMILES string of the molecule is CCCCCCCC/C=C/CCCCCCCCCC(=O)O[C@@H](COC(=O)CCCCCCCCCCCCCCCCCCCCCCCCC)CO[C@H]1O[C@@H](CO)[C@@H](O)C(O)C1O. The molecule has 65 heavy (non-hydrogen) atoms. The van der Waals surface area contributed by atoms with Crippen LogP contribution in [0.15, 0.2) is 12.2 Å². The summed E-state index contributed by atoms with van der Waals surface area (Å²) in [6.07, 6.45) is 45.1. The lowest BCUT2D eigenvalue weighted by atomic mass is 9.99. The predicted molar refractivity (Wildman–Crippen MR) is 266 cm³/mol. The molecule has 1 rings (SSSR count). The van der Waals surface area contributed by atoms with Crippen LogP contribution in [0.1, 0.15) is 271 Å². The van der Waals surface area contributed by atoms with Crippen LogP contribution in [0.4, 0.5) is 0 Å². The van der Waals surface area contributed by atoms with Gasteiger partial charge < -0.3 is 39.4 Å². The average molecular weight is 925 g/mol. The fourth-order valence-electron chi connectivity index (χ4n) is 8.77. The summed E-state index contributed by atoms with van der Waals surface area (Å²) in [6, 6.07) is 0. The number of aliphatic hydroxyl groups is 4. The van der Waals surface area contributed by atoms with Crippen LogP contribution >= 0.6 is 0 Å². The van der Waals surface area contributed by atoms with Crippen LogP contribution in [0.25, 0.3) is 0 Å². The summed E-state index contributed by atoms with van der Waals surface area (Å²) in [5.41, 5.74) is 0. The number of carbonyl (C=O) groups excluding carboxylic acids is 2. The highest BCUT2D eigenvalue weighted by Gasteiger charge is 2.44. The predicted octanol–water partition coefficient (Wildman–Crippen LogP) is 13.5. The van der Waals surface area contributed by atoms with Gasteiger partial charge in [-0.05, 0) is 38.5 Å². The van der Waals surface area contributed by atoms with E-state index in [0.717, 1.165) is 44.9 Å². The number of ether oxygens (including phenoxy) is 4. The number of hydrogen-bond acceptors (Lipinski definition) is 10. The minimum absolute atomic E-state index is 0.213. The Balaban J connectivity index is 2.20. The molecule has 0 bridgehead atoms. The number of esters is 2. The summed E-state index contributed by atoms with van der Waals surface area (Å²) in [5.74, 6) is -0.794. The minimum Gasteiger partial charge on any atom is -0.462 e. The summed E-state index contributed by atoms with van der Waals surface area (Å²) in [5, 5.41) is 40.2. The van der Waals surface area contributed by atoms with Gasteiger partial charge >= 0.3 is 11.9 Å². The van der Waals surface area contributed by atoms with Crippen LogP contribution in [-0.2, 0) is 28.5 Å². The van der Waals surface area contributed by atoms with Crippen molar-refractivity contribution in [3.8, 4) is 0 Å². The normalized spacial score (nSPS) is 19.3. The lowest BCUT2D eigenvalue weighted by Crippen LogP contribution is -2.59. The first-order valence-corrected chi connectivity index (χ1v) is 27.8. The summed E-state index contributed by atoms with van der Waals surface area (Å²) >= 11 is 0. The van der Waals surface area contributed by atoms with Gasteiger partial charge in [0.05, 0.1) is 13.2 Å². The zero-order valence-corrected chi connectivity index (χ0v) is 42.3. The van der Waals surface area contributed by atoms with Crippen LogP contribution in [-0.4, -0.2) is 89.0 Å². The van der Waals surface area contributed by atoms with E-state index < -0.39 is 49.4 Å². The quantitative estimate of drug-likeness (QED) is 0.0264. The van der Waals surface area contributed by atoms with Gasteiger partial charge in [0.15, 0.2) is 12.4 Å². The van der Waals surface area contributed by atoms with E-state index in [4.69, 9.17) is 18.9 Å². The molecule has 1 aliphatic rings. The largest absolute Gasteiger partial charge is 0.462 e. The highest BCUT2D eigenvalue weighted by atomic mass is 16.7. The van der Waals surface area contributed by atoms with Crippen molar-refractivity contribution in [1.29, 1.82) is 0 Å². The Labute approximate surface area is 399 Å². The van der Waals surface area contributed by atoms with Crippen LogP contribution in [0.5, 0.6) is 0 Å². The first-order valence-electron chi connectivity index (χ1n) is 27.8. The molecule has 384 valence electrons. The van der Waals surface area contributed by atoms with E-state index in [9.17, 15) is 30.0 Å². The smallest absolute Gasteiger partial charge is 0.306 e. The molecule has 0 radical (unpaired) electrons. The number of rotatable bonds is 48. The fraction of sp³-hybridized carbons (Fsp3) is 0.927. The lowest BCUT2D eigenvalue weighted by Gasteiger charge is -2.39. The summed E-state index contributed by atoms with van der Waals surface area (Å²) in [4.78, 5) is 25.5. The number of carbonyl (C=O) groups is 2. The van der Waals surface area contributed by atoms with Crippen molar-refractivity contribution in [3.63, 3.8) is 0 Å². The monoisotopic (exact) mass is 925 g/mol. The third-order valence-electron chi connectivity index (χ3n) is 13.2. The van der Waals surface area contributed by atoms with Gasteiger partial charge in [0.1, 0.15) is 31.0 Å². The topological polar surface area (TPSA) is 152 Å². The lowest BCUT2D eigenvalue weighted by molar-refractivity contribution is -0.305. The summed E-state index contributed by atoms with van der Waals surface area (Å²) in [7, 11) is 0. The van der Waals surface area contributed by atoms with Crippen molar-refractivity contribution in [1.82, 2.24) is 0 Å². The van der Waals surface area contributed by atoms with E-state index in [0.29, 0.717) is 6.42 Å². The maximum absolute atomic E-state index is 12.8. The average Bonchev–Trinajstić information content (AvgIpc) is 3.30. The molecule has 0 amide bonds. The standard InChI is InChI=1S/C55H104O10/c1-3-5-7-9-11-13-15-17-19-21-22-23-24-25-26-28-29-31-33-35-37-39-41-43-50(57)62-46-48(47-63-55-54(61)53(60)52(59)49(45-56)65-55)64-51(58)44-42-40-38-36-34-32-30-27-20-18-16-14-12-10-8-6-4-2/h18,20,48-49,52-56,59-61H,3-17,19,21-47H2,1-2H3/b20-18+/t48-,49-,52+,53?,54?,55-/m0/s1. The molecule has 0 aromatic rings. The first kappa shape index (κ1) is 61.5. The molecule has 10 nitrogen and oxygen atoms in total. The van der Waals surface area contributed by atoms with E-state index in [1.54, 1.807) is 0 Å². The Morgan fingerprint density at radius 2 is 0.815 bits per heavy atom. The number of aliphatic hydroxyl groups excluding tert-OH is 4. The molecule has 2 unspecified atom stereocenters. The van der Waals surface area contributed by atoms with E-state index in [1.165, 1.54) is 193 Å². The van der Waals surface area contributed by atoms with Gasteiger partial charge in [-0.15, -0.1) is 0 Å². The van der Waals surface area contributed by atoms with Gasteiger partial charge in [0.25, 0.3) is 0 Å². The second kappa shape index (κ2) is 46.2. The van der Waals surface area contributed by atoms with E-state index in [-0.39, 0.29) is 32.0 Å². The number of unbranched alkanes of at least 4 members (excludes halogenated alkanes) is 35. The van der Waals surface area contributed by atoms with Crippen LogP contribution < -0.4 is 0 Å². The Morgan fingerprint density at radius 1 is 0.462 bits per heavy atom. The molecule has 0 aromatic heterocycles. The zero-order valence-electron chi connectivity index (χ0n) is 42.3. The molecule has 0 aliphatic carbocycles. The molecule has 1 aliphatic heterocycles. The van der Waals surface area contributed by atoms with Crippen LogP contribution in [0.3, 0.4) is 0 Å². The molecule has 6 atom stereocenters. The highest BCUT2D eigenvalue weighted by molar-refractivity contribution is 5.70. The Kier molecular flexibility index (Phi) is 43.7. The maximum atomic E-state index is 12.8. The number of hydrogen-bond donors (Lipinski definition) is 4. The second-order valence-electron chi connectivity index (χ2n) is 19.4. The summed E-state index contributed by atoms with van der Waals surface area (Å²) < 4.78 is 22.3. The van der Waals surface area contributed by atoms with Gasteiger partial charge in [-0.2, -0.15) is 0 Å². The molecular weight excluding hydrogens is 821 g/mol. The molecule has 1 saturated heterocycles.